The molecule has 0 saturated carbocycles. The molecule has 0 aromatic carbocycles. The highest BCUT2D eigenvalue weighted by atomic mass is 15.1. The van der Waals surface area contributed by atoms with Gasteiger partial charge in [-0.05, 0) is 71.1 Å². The predicted octanol–water partition coefficient (Wildman–Crippen LogP) is 3.28. The fourth-order valence-electron chi connectivity index (χ4n) is 3.12. The molecule has 1 N–H and O–H groups in total. The second-order valence-electron chi connectivity index (χ2n) is 7.45. The first kappa shape index (κ1) is 15.0. The molecule has 0 bridgehead atoms. The molecule has 1 rings (SSSR count). The summed E-state index contributed by atoms with van der Waals surface area (Å²) in [5, 5.41) is 3.71. The molecular weight excluding hydrogens is 208 g/mol. The van der Waals surface area contributed by atoms with Gasteiger partial charge >= 0.3 is 0 Å². The molecule has 0 aromatic heterocycles. The minimum Gasteiger partial charge on any atom is -0.312 e. The number of hydrogen-bond acceptors (Lipinski definition) is 2. The van der Waals surface area contributed by atoms with Crippen molar-refractivity contribution < 1.29 is 0 Å². The van der Waals surface area contributed by atoms with Crippen molar-refractivity contribution in [2.75, 3.05) is 26.2 Å². The summed E-state index contributed by atoms with van der Waals surface area (Å²) in [6.45, 7) is 16.7. The van der Waals surface area contributed by atoms with Crippen molar-refractivity contribution in [2.24, 2.45) is 5.41 Å². The molecule has 0 unspecified atom stereocenters. The van der Waals surface area contributed by atoms with E-state index in [1.165, 1.54) is 45.3 Å². The molecule has 1 aliphatic rings. The highest BCUT2D eigenvalue weighted by molar-refractivity contribution is 4.83. The van der Waals surface area contributed by atoms with E-state index in [-0.39, 0.29) is 5.54 Å². The Labute approximate surface area is 108 Å². The van der Waals surface area contributed by atoms with E-state index in [1.807, 2.05) is 0 Å². The van der Waals surface area contributed by atoms with E-state index in [1.54, 1.807) is 0 Å². The lowest BCUT2D eigenvalue weighted by Crippen LogP contribution is -2.43. The maximum atomic E-state index is 3.71. The summed E-state index contributed by atoms with van der Waals surface area (Å²) >= 11 is 0. The Bertz CT molecular complexity index is 209. The van der Waals surface area contributed by atoms with Crippen LogP contribution >= 0.6 is 0 Å². The summed E-state index contributed by atoms with van der Waals surface area (Å²) in [7, 11) is 0. The molecule has 1 saturated heterocycles. The quantitative estimate of drug-likeness (QED) is 0.717. The summed E-state index contributed by atoms with van der Waals surface area (Å²) < 4.78 is 0. The molecule has 1 heterocycles. The summed E-state index contributed by atoms with van der Waals surface area (Å²) in [4.78, 5) is 2.60. The standard InChI is InChI=1S/C15H32N2/c1-14(2,3)13-15(4,5)16-9-8-12-17-10-6-7-11-17/h16H,6-13H2,1-5H3. The molecule has 0 aromatic rings. The summed E-state index contributed by atoms with van der Waals surface area (Å²) in [6.07, 6.45) is 5.32. The van der Waals surface area contributed by atoms with E-state index < -0.39 is 0 Å². The molecule has 0 spiro atoms. The second-order valence-corrected chi connectivity index (χ2v) is 7.45. The molecule has 1 fully saturated rings. The second kappa shape index (κ2) is 6.19. The maximum Gasteiger partial charge on any atom is 0.0130 e. The normalized spacial score (nSPS) is 18.9. The van der Waals surface area contributed by atoms with E-state index in [0.29, 0.717) is 5.41 Å². The van der Waals surface area contributed by atoms with E-state index in [0.717, 1.165) is 6.54 Å². The number of likely N-dealkylation sites (tertiary alicyclic amines) is 1. The molecule has 0 aliphatic carbocycles. The largest absolute Gasteiger partial charge is 0.312 e. The molecule has 0 amide bonds. The van der Waals surface area contributed by atoms with Gasteiger partial charge in [0, 0.05) is 5.54 Å². The maximum absolute atomic E-state index is 3.71. The third-order valence-corrected chi connectivity index (χ3v) is 3.43. The summed E-state index contributed by atoms with van der Waals surface area (Å²) in [5.74, 6) is 0. The van der Waals surface area contributed by atoms with Crippen LogP contribution in [0.3, 0.4) is 0 Å². The van der Waals surface area contributed by atoms with Gasteiger partial charge in [0.1, 0.15) is 0 Å². The van der Waals surface area contributed by atoms with Crippen LogP contribution in [0, 0.1) is 5.41 Å². The van der Waals surface area contributed by atoms with E-state index in [2.05, 4.69) is 44.8 Å². The van der Waals surface area contributed by atoms with Gasteiger partial charge in [-0.15, -0.1) is 0 Å². The van der Waals surface area contributed by atoms with Crippen LogP contribution in [0.25, 0.3) is 0 Å². The monoisotopic (exact) mass is 240 g/mol. The first-order valence-electron chi connectivity index (χ1n) is 7.26. The van der Waals surface area contributed by atoms with Crippen molar-refractivity contribution in [3.05, 3.63) is 0 Å². The SMILES string of the molecule is CC(C)(C)CC(C)(C)NCCCN1CCCC1. The summed E-state index contributed by atoms with van der Waals surface area (Å²) in [6, 6.07) is 0. The smallest absolute Gasteiger partial charge is 0.0130 e. The molecule has 1 aliphatic heterocycles. The first-order chi connectivity index (χ1) is 7.79. The minimum absolute atomic E-state index is 0.267. The van der Waals surface area contributed by atoms with Gasteiger partial charge in [0.05, 0.1) is 0 Å². The van der Waals surface area contributed by atoms with Crippen LogP contribution in [0.15, 0.2) is 0 Å². The Kier molecular flexibility index (Phi) is 5.46. The van der Waals surface area contributed by atoms with Crippen molar-refractivity contribution >= 4 is 0 Å². The highest BCUT2D eigenvalue weighted by Gasteiger charge is 2.24. The van der Waals surface area contributed by atoms with Crippen molar-refractivity contribution in [1.82, 2.24) is 10.2 Å². The first-order valence-corrected chi connectivity index (χ1v) is 7.26. The Hall–Kier alpha value is -0.0800. The number of hydrogen-bond donors (Lipinski definition) is 1. The Morgan fingerprint density at radius 2 is 1.59 bits per heavy atom. The Morgan fingerprint density at radius 1 is 1.00 bits per heavy atom. The minimum atomic E-state index is 0.267. The predicted molar refractivity (Wildman–Crippen MR) is 76.4 cm³/mol. The molecule has 17 heavy (non-hydrogen) atoms. The van der Waals surface area contributed by atoms with Gasteiger partial charge in [-0.3, -0.25) is 0 Å². The molecule has 0 radical (unpaired) electrons. The van der Waals surface area contributed by atoms with E-state index in [4.69, 9.17) is 0 Å². The summed E-state index contributed by atoms with van der Waals surface area (Å²) in [5.41, 5.74) is 0.675. The van der Waals surface area contributed by atoms with Crippen LogP contribution in [-0.2, 0) is 0 Å². The lowest BCUT2D eigenvalue weighted by atomic mass is 9.82. The zero-order valence-electron chi connectivity index (χ0n) is 12.6. The van der Waals surface area contributed by atoms with Crippen LogP contribution < -0.4 is 5.32 Å². The zero-order chi connectivity index (χ0) is 12.9. The third kappa shape index (κ3) is 7.05. The van der Waals surface area contributed by atoms with Gasteiger partial charge in [0.15, 0.2) is 0 Å². The average molecular weight is 240 g/mol. The van der Waals surface area contributed by atoms with Crippen molar-refractivity contribution in [3.63, 3.8) is 0 Å². The van der Waals surface area contributed by atoms with Crippen LogP contribution in [0.2, 0.25) is 0 Å². The molecule has 102 valence electrons. The highest BCUT2D eigenvalue weighted by Crippen LogP contribution is 2.26. The fraction of sp³-hybridized carbons (Fsp3) is 1.00. The lowest BCUT2D eigenvalue weighted by Gasteiger charge is -2.33. The van der Waals surface area contributed by atoms with Gasteiger partial charge in [0.2, 0.25) is 0 Å². The van der Waals surface area contributed by atoms with Crippen molar-refractivity contribution in [2.45, 2.75) is 65.8 Å². The number of nitrogens with one attached hydrogen (secondary N) is 1. The topological polar surface area (TPSA) is 15.3 Å². The Balaban J connectivity index is 2.11. The van der Waals surface area contributed by atoms with Gasteiger partial charge in [-0.2, -0.15) is 0 Å². The molecule has 2 heteroatoms. The molecule has 2 nitrogen and oxygen atoms in total. The van der Waals surface area contributed by atoms with Gasteiger partial charge in [-0.1, -0.05) is 20.8 Å². The van der Waals surface area contributed by atoms with Gasteiger partial charge in [-0.25, -0.2) is 0 Å². The zero-order valence-corrected chi connectivity index (χ0v) is 12.6. The van der Waals surface area contributed by atoms with Gasteiger partial charge in [0.25, 0.3) is 0 Å². The average Bonchev–Trinajstić information content (AvgIpc) is 2.60. The lowest BCUT2D eigenvalue weighted by molar-refractivity contribution is 0.236. The van der Waals surface area contributed by atoms with Crippen molar-refractivity contribution in [3.8, 4) is 0 Å². The van der Waals surface area contributed by atoms with Crippen LogP contribution in [0.4, 0.5) is 0 Å². The Morgan fingerprint density at radius 3 is 2.12 bits per heavy atom. The van der Waals surface area contributed by atoms with Crippen LogP contribution in [0.1, 0.15) is 60.3 Å². The van der Waals surface area contributed by atoms with Crippen molar-refractivity contribution in [1.29, 1.82) is 0 Å². The van der Waals surface area contributed by atoms with Gasteiger partial charge < -0.3 is 10.2 Å². The molecular formula is C15H32N2. The van der Waals surface area contributed by atoms with E-state index >= 15 is 0 Å². The van der Waals surface area contributed by atoms with E-state index in [9.17, 15) is 0 Å². The third-order valence-electron chi connectivity index (χ3n) is 3.43. The van der Waals surface area contributed by atoms with Crippen LogP contribution in [-0.4, -0.2) is 36.6 Å². The number of nitrogens with zero attached hydrogens (tertiary/aromatic N) is 1. The number of rotatable bonds is 6. The molecule has 0 atom stereocenters. The van der Waals surface area contributed by atoms with Crippen LogP contribution in [0.5, 0.6) is 0 Å². The fourth-order valence-corrected chi connectivity index (χ4v) is 3.12.